The molecule has 0 N–H and O–H groups in total. The van der Waals surface area contributed by atoms with Crippen molar-refractivity contribution in [2.24, 2.45) is 0 Å². The summed E-state index contributed by atoms with van der Waals surface area (Å²) in [5.74, 6) is -4.40. The number of carboxylic acid groups (broad SMARTS) is 1. The van der Waals surface area contributed by atoms with Crippen LogP contribution in [0.5, 0.6) is 0 Å². The lowest BCUT2D eigenvalue weighted by Gasteiger charge is -2.33. The Labute approximate surface area is 120 Å². The Hall–Kier alpha value is -2.16. The Morgan fingerprint density at radius 3 is 1.90 bits per heavy atom. The molecular weight excluding hydrogens is 286 g/mol. The predicted octanol–water partition coefficient (Wildman–Crippen LogP) is -2.54. The Morgan fingerprint density at radius 2 is 1.48 bits per heavy atom. The largest absolute Gasteiger partial charge is 0.546 e. The molecule has 2 atom stereocenters. The van der Waals surface area contributed by atoms with Crippen LogP contribution in [-0.4, -0.2) is 67.2 Å². The van der Waals surface area contributed by atoms with Crippen molar-refractivity contribution in [3.05, 3.63) is 0 Å². The zero-order valence-corrected chi connectivity index (χ0v) is 11.7. The molecular formula is C12H16NO8-. The summed E-state index contributed by atoms with van der Waals surface area (Å²) in [5.41, 5.74) is 0. The van der Waals surface area contributed by atoms with Gasteiger partial charge in [0.05, 0.1) is 19.2 Å². The number of ether oxygens (including phenoxy) is 3. The first-order chi connectivity index (χ1) is 9.82. The lowest BCUT2D eigenvalue weighted by molar-refractivity contribution is -0.318. The molecule has 0 aromatic heterocycles. The molecule has 1 heterocycles. The molecule has 0 unspecified atom stereocenters. The van der Waals surface area contributed by atoms with Crippen molar-refractivity contribution in [2.45, 2.75) is 26.1 Å². The third kappa shape index (κ3) is 5.03. The lowest BCUT2D eigenvalue weighted by Crippen LogP contribution is -2.56. The second-order valence-electron chi connectivity index (χ2n) is 4.32. The van der Waals surface area contributed by atoms with Gasteiger partial charge in [0.15, 0.2) is 6.10 Å². The Kier molecular flexibility index (Phi) is 6.10. The highest BCUT2D eigenvalue weighted by atomic mass is 16.6. The van der Waals surface area contributed by atoms with Gasteiger partial charge in [-0.2, -0.15) is 0 Å². The zero-order chi connectivity index (χ0) is 16.0. The number of nitrogens with zero attached hydrogens (tertiary/aromatic N) is 1. The molecule has 0 aliphatic carbocycles. The van der Waals surface area contributed by atoms with Gasteiger partial charge in [-0.3, -0.25) is 14.4 Å². The molecule has 0 saturated carbocycles. The van der Waals surface area contributed by atoms with Crippen LogP contribution in [0.3, 0.4) is 0 Å². The van der Waals surface area contributed by atoms with Crippen LogP contribution in [0.2, 0.25) is 0 Å². The smallest absolute Gasteiger partial charge is 0.303 e. The molecule has 0 spiro atoms. The molecule has 1 rings (SSSR count). The number of carbonyl (C=O) groups is 4. The van der Waals surface area contributed by atoms with Crippen LogP contribution in [0.15, 0.2) is 0 Å². The lowest BCUT2D eigenvalue weighted by atomic mass is 10.1. The van der Waals surface area contributed by atoms with Gasteiger partial charge in [0.25, 0.3) is 5.91 Å². The van der Waals surface area contributed by atoms with Crippen molar-refractivity contribution >= 4 is 23.8 Å². The van der Waals surface area contributed by atoms with Crippen molar-refractivity contribution in [1.29, 1.82) is 0 Å². The molecule has 1 saturated heterocycles. The van der Waals surface area contributed by atoms with Crippen LogP contribution in [0, 0.1) is 0 Å². The van der Waals surface area contributed by atoms with Gasteiger partial charge in [-0.1, -0.05) is 0 Å². The van der Waals surface area contributed by atoms with Gasteiger partial charge in [-0.25, -0.2) is 0 Å². The molecule has 118 valence electrons. The van der Waals surface area contributed by atoms with Crippen LogP contribution >= 0.6 is 0 Å². The third-order valence-electron chi connectivity index (χ3n) is 2.66. The molecule has 0 aromatic rings. The second-order valence-corrected chi connectivity index (χ2v) is 4.32. The van der Waals surface area contributed by atoms with Crippen LogP contribution in [0.1, 0.15) is 13.8 Å². The van der Waals surface area contributed by atoms with E-state index in [4.69, 9.17) is 9.47 Å². The first kappa shape index (κ1) is 16.9. The average molecular weight is 302 g/mol. The molecule has 0 radical (unpaired) electrons. The van der Waals surface area contributed by atoms with Gasteiger partial charge < -0.3 is 29.0 Å². The topological polar surface area (TPSA) is 122 Å². The fourth-order valence-corrected chi connectivity index (χ4v) is 1.80. The van der Waals surface area contributed by atoms with E-state index < -0.39 is 36.0 Å². The maximum atomic E-state index is 12.3. The second kappa shape index (κ2) is 7.58. The fourth-order valence-electron chi connectivity index (χ4n) is 1.80. The number of hydrogen-bond donors (Lipinski definition) is 0. The van der Waals surface area contributed by atoms with Crippen LogP contribution in [0.4, 0.5) is 0 Å². The van der Waals surface area contributed by atoms with Gasteiger partial charge in [0, 0.05) is 26.9 Å². The summed E-state index contributed by atoms with van der Waals surface area (Å²) in [6, 6.07) is 0. The number of rotatable bonds is 5. The van der Waals surface area contributed by atoms with Crippen molar-refractivity contribution in [1.82, 2.24) is 4.90 Å². The molecule has 1 amide bonds. The minimum Gasteiger partial charge on any atom is -0.546 e. The monoisotopic (exact) mass is 302 g/mol. The van der Waals surface area contributed by atoms with Crippen LogP contribution < -0.4 is 5.11 Å². The molecule has 1 aliphatic rings. The highest BCUT2D eigenvalue weighted by Crippen LogP contribution is 2.11. The quantitative estimate of drug-likeness (QED) is 0.509. The van der Waals surface area contributed by atoms with E-state index in [9.17, 15) is 24.3 Å². The molecule has 0 aromatic carbocycles. The van der Waals surface area contributed by atoms with E-state index in [1.54, 1.807) is 0 Å². The van der Waals surface area contributed by atoms with Gasteiger partial charge in [-0.15, -0.1) is 0 Å². The van der Waals surface area contributed by atoms with Crippen LogP contribution in [0.25, 0.3) is 0 Å². The first-order valence-electron chi connectivity index (χ1n) is 6.24. The van der Waals surface area contributed by atoms with E-state index in [1.165, 1.54) is 4.90 Å². The molecule has 0 bridgehead atoms. The van der Waals surface area contributed by atoms with Gasteiger partial charge >= 0.3 is 11.9 Å². The van der Waals surface area contributed by atoms with Crippen LogP contribution in [-0.2, 0) is 33.4 Å². The number of hydrogen-bond acceptors (Lipinski definition) is 8. The Morgan fingerprint density at radius 1 is 1.00 bits per heavy atom. The van der Waals surface area contributed by atoms with E-state index in [2.05, 4.69) is 4.74 Å². The van der Waals surface area contributed by atoms with E-state index in [0.717, 1.165) is 13.8 Å². The van der Waals surface area contributed by atoms with Crippen molar-refractivity contribution in [3.63, 3.8) is 0 Å². The molecule has 9 heteroatoms. The highest BCUT2D eigenvalue weighted by molar-refractivity contribution is 5.90. The van der Waals surface area contributed by atoms with Crippen molar-refractivity contribution < 1.29 is 38.5 Å². The van der Waals surface area contributed by atoms with Gasteiger partial charge in [0.2, 0.25) is 6.10 Å². The summed E-state index contributed by atoms with van der Waals surface area (Å²) in [5, 5.41) is 11.1. The van der Waals surface area contributed by atoms with Crippen molar-refractivity contribution in [2.75, 3.05) is 26.3 Å². The number of esters is 2. The van der Waals surface area contributed by atoms with E-state index in [-0.39, 0.29) is 26.3 Å². The summed E-state index contributed by atoms with van der Waals surface area (Å²) >= 11 is 0. The Balaban J connectivity index is 2.94. The summed E-state index contributed by atoms with van der Waals surface area (Å²) in [7, 11) is 0. The SMILES string of the molecule is CC(=O)O[C@H](C(=O)N1CCOCC1)[C@@H](OC(C)=O)C(=O)[O-]. The summed E-state index contributed by atoms with van der Waals surface area (Å²) in [4.78, 5) is 46.6. The first-order valence-corrected chi connectivity index (χ1v) is 6.24. The summed E-state index contributed by atoms with van der Waals surface area (Å²) in [6.45, 7) is 2.98. The normalized spacial score (nSPS) is 17.5. The minimum atomic E-state index is -2.00. The van der Waals surface area contributed by atoms with Gasteiger partial charge in [0.1, 0.15) is 0 Å². The molecule has 21 heavy (non-hydrogen) atoms. The summed E-state index contributed by atoms with van der Waals surface area (Å²) in [6.07, 6.45) is -3.78. The van der Waals surface area contributed by atoms with Crippen molar-refractivity contribution in [3.8, 4) is 0 Å². The minimum absolute atomic E-state index is 0.219. The van der Waals surface area contributed by atoms with E-state index >= 15 is 0 Å². The van der Waals surface area contributed by atoms with E-state index in [0.29, 0.717) is 0 Å². The number of aliphatic carboxylic acids is 1. The number of morpholine rings is 1. The summed E-state index contributed by atoms with van der Waals surface area (Å²) < 4.78 is 14.3. The van der Waals surface area contributed by atoms with E-state index in [1.807, 2.05) is 0 Å². The maximum Gasteiger partial charge on any atom is 0.303 e. The standard InChI is InChI=1S/C12H17NO8/c1-7(14)20-9(10(12(17)18)21-8(2)15)11(16)13-3-5-19-6-4-13/h9-10H,3-6H2,1-2H3,(H,17,18)/p-1/t9-,10+/m0/s1. The number of carbonyl (C=O) groups excluding carboxylic acids is 4. The molecule has 1 fully saturated rings. The van der Waals surface area contributed by atoms with Gasteiger partial charge in [-0.05, 0) is 0 Å². The molecule has 1 aliphatic heterocycles. The zero-order valence-electron chi connectivity index (χ0n) is 11.7. The number of carboxylic acids is 1. The predicted molar refractivity (Wildman–Crippen MR) is 63.5 cm³/mol. The molecule has 9 nitrogen and oxygen atoms in total. The Bertz CT molecular complexity index is 429. The highest BCUT2D eigenvalue weighted by Gasteiger charge is 2.38. The maximum absolute atomic E-state index is 12.3. The fraction of sp³-hybridized carbons (Fsp3) is 0.667. The third-order valence-corrected chi connectivity index (χ3v) is 2.66. The average Bonchev–Trinajstić information content (AvgIpc) is 2.42. The number of amides is 1.